The lowest BCUT2D eigenvalue weighted by Gasteiger charge is -2.01. The Hall–Kier alpha value is -1.63. The fourth-order valence-electron chi connectivity index (χ4n) is 1.20. The maximum Gasteiger partial charge on any atom is 0.160 e. The summed E-state index contributed by atoms with van der Waals surface area (Å²) in [6, 6.07) is 8.59. The lowest BCUT2D eigenvalue weighted by molar-refractivity contribution is 1.15. The van der Waals surface area contributed by atoms with Gasteiger partial charge in [0.1, 0.15) is 11.8 Å². The van der Waals surface area contributed by atoms with Crippen molar-refractivity contribution in [3.05, 3.63) is 46.2 Å². The molecule has 0 saturated heterocycles. The highest BCUT2D eigenvalue weighted by Crippen LogP contribution is 2.26. The second-order valence-electron chi connectivity index (χ2n) is 3.01. The van der Waals surface area contributed by atoms with Gasteiger partial charge >= 0.3 is 0 Å². The van der Waals surface area contributed by atoms with E-state index in [0.717, 1.165) is 5.56 Å². The maximum absolute atomic E-state index is 8.72. The molecule has 0 saturated carbocycles. The van der Waals surface area contributed by atoms with Gasteiger partial charge in [-0.05, 0) is 24.3 Å². The summed E-state index contributed by atoms with van der Waals surface area (Å²) in [4.78, 5) is 8.12. The Kier molecular flexibility index (Phi) is 3.04. The molecule has 1 heterocycles. The Labute approximate surface area is 102 Å². The molecule has 2 rings (SSSR count). The van der Waals surface area contributed by atoms with Crippen molar-refractivity contribution in [3.8, 4) is 17.5 Å². The van der Waals surface area contributed by atoms with Crippen LogP contribution < -0.4 is 0 Å². The van der Waals surface area contributed by atoms with E-state index in [1.54, 1.807) is 24.3 Å². The summed E-state index contributed by atoms with van der Waals surface area (Å²) in [7, 11) is 0. The minimum Gasteiger partial charge on any atom is -0.236 e. The van der Waals surface area contributed by atoms with Crippen molar-refractivity contribution < 1.29 is 0 Å². The van der Waals surface area contributed by atoms with Crippen LogP contribution in [0.15, 0.2) is 30.5 Å². The van der Waals surface area contributed by atoms with Gasteiger partial charge in [-0.2, -0.15) is 5.26 Å². The maximum atomic E-state index is 8.72. The molecule has 0 aliphatic heterocycles. The van der Waals surface area contributed by atoms with E-state index in [9.17, 15) is 0 Å². The van der Waals surface area contributed by atoms with Crippen LogP contribution in [-0.2, 0) is 0 Å². The topological polar surface area (TPSA) is 49.6 Å². The zero-order valence-electron chi connectivity index (χ0n) is 7.98. The monoisotopic (exact) mass is 249 g/mol. The average Bonchev–Trinajstić information content (AvgIpc) is 2.33. The molecule has 1 aromatic carbocycles. The highest BCUT2D eigenvalue weighted by molar-refractivity contribution is 6.42. The standard InChI is InChI=1S/C11H5Cl2N3/c12-9-2-1-7(5-10(9)13)11-15-4-3-8(6-14)16-11/h1-5H. The van der Waals surface area contributed by atoms with Crippen molar-refractivity contribution in [1.29, 1.82) is 5.26 Å². The molecule has 16 heavy (non-hydrogen) atoms. The molecule has 5 heteroatoms. The first-order valence-corrected chi connectivity index (χ1v) is 5.15. The molecule has 0 spiro atoms. The molecule has 0 N–H and O–H groups in total. The van der Waals surface area contributed by atoms with Gasteiger partial charge in [-0.3, -0.25) is 0 Å². The summed E-state index contributed by atoms with van der Waals surface area (Å²) in [5, 5.41) is 9.63. The van der Waals surface area contributed by atoms with Crippen LogP contribution in [0, 0.1) is 11.3 Å². The minimum atomic E-state index is 0.316. The minimum absolute atomic E-state index is 0.316. The number of hydrogen-bond donors (Lipinski definition) is 0. The molecule has 0 atom stereocenters. The zero-order valence-corrected chi connectivity index (χ0v) is 9.50. The average molecular weight is 250 g/mol. The van der Waals surface area contributed by atoms with Gasteiger partial charge in [0.2, 0.25) is 0 Å². The van der Waals surface area contributed by atoms with Crippen LogP contribution in [0.2, 0.25) is 10.0 Å². The lowest BCUT2D eigenvalue weighted by atomic mass is 10.2. The SMILES string of the molecule is N#Cc1ccnc(-c2ccc(Cl)c(Cl)c2)n1. The van der Waals surface area contributed by atoms with E-state index in [4.69, 9.17) is 28.5 Å². The molecule has 78 valence electrons. The number of nitrogens with zero attached hydrogens (tertiary/aromatic N) is 3. The molecule has 0 radical (unpaired) electrons. The fraction of sp³-hybridized carbons (Fsp3) is 0. The van der Waals surface area contributed by atoms with Crippen molar-refractivity contribution in [2.75, 3.05) is 0 Å². The van der Waals surface area contributed by atoms with Gasteiger partial charge in [0.25, 0.3) is 0 Å². The Morgan fingerprint density at radius 1 is 1.12 bits per heavy atom. The van der Waals surface area contributed by atoms with Crippen LogP contribution in [0.25, 0.3) is 11.4 Å². The van der Waals surface area contributed by atoms with E-state index in [0.29, 0.717) is 21.6 Å². The number of rotatable bonds is 1. The van der Waals surface area contributed by atoms with Gasteiger partial charge in [0.15, 0.2) is 5.82 Å². The number of benzene rings is 1. The summed E-state index contributed by atoms with van der Waals surface area (Å²) in [6.45, 7) is 0. The van der Waals surface area contributed by atoms with Crippen LogP contribution in [-0.4, -0.2) is 9.97 Å². The number of aromatic nitrogens is 2. The van der Waals surface area contributed by atoms with Gasteiger partial charge in [0, 0.05) is 11.8 Å². The van der Waals surface area contributed by atoms with Gasteiger partial charge in [-0.15, -0.1) is 0 Å². The third kappa shape index (κ3) is 2.13. The summed E-state index contributed by atoms with van der Waals surface area (Å²) < 4.78 is 0. The number of hydrogen-bond acceptors (Lipinski definition) is 3. The van der Waals surface area contributed by atoms with E-state index < -0.39 is 0 Å². The third-order valence-electron chi connectivity index (χ3n) is 1.95. The van der Waals surface area contributed by atoms with Crippen molar-refractivity contribution in [2.24, 2.45) is 0 Å². The highest BCUT2D eigenvalue weighted by atomic mass is 35.5. The van der Waals surface area contributed by atoms with E-state index in [1.165, 1.54) is 6.20 Å². The fourth-order valence-corrected chi connectivity index (χ4v) is 1.49. The molecule has 0 amide bonds. The first-order valence-electron chi connectivity index (χ1n) is 4.39. The first kappa shape index (κ1) is 10.9. The van der Waals surface area contributed by atoms with Gasteiger partial charge < -0.3 is 0 Å². The second kappa shape index (κ2) is 4.48. The summed E-state index contributed by atoms with van der Waals surface area (Å²) in [5.74, 6) is 0.456. The predicted molar refractivity (Wildman–Crippen MR) is 62.2 cm³/mol. The summed E-state index contributed by atoms with van der Waals surface area (Å²) >= 11 is 11.7. The van der Waals surface area contributed by atoms with Crippen LogP contribution in [0.4, 0.5) is 0 Å². The number of halogens is 2. The quantitative estimate of drug-likeness (QED) is 0.779. The normalized spacial score (nSPS) is 9.81. The summed E-state index contributed by atoms with van der Waals surface area (Å²) in [5.41, 5.74) is 1.04. The highest BCUT2D eigenvalue weighted by Gasteiger charge is 2.05. The largest absolute Gasteiger partial charge is 0.236 e. The molecule has 0 unspecified atom stereocenters. The predicted octanol–water partition coefficient (Wildman–Crippen LogP) is 3.32. The lowest BCUT2D eigenvalue weighted by Crippen LogP contribution is -1.91. The molecular formula is C11H5Cl2N3. The molecule has 0 aliphatic rings. The molecule has 0 bridgehead atoms. The van der Waals surface area contributed by atoms with E-state index >= 15 is 0 Å². The van der Waals surface area contributed by atoms with Crippen molar-refractivity contribution >= 4 is 23.2 Å². The molecule has 0 aliphatic carbocycles. The molecular weight excluding hydrogens is 245 g/mol. The van der Waals surface area contributed by atoms with Crippen LogP contribution >= 0.6 is 23.2 Å². The smallest absolute Gasteiger partial charge is 0.160 e. The second-order valence-corrected chi connectivity index (χ2v) is 3.82. The van der Waals surface area contributed by atoms with Gasteiger partial charge in [-0.1, -0.05) is 23.2 Å². The van der Waals surface area contributed by atoms with Crippen LogP contribution in [0.3, 0.4) is 0 Å². The Bertz CT molecular complexity index is 576. The van der Waals surface area contributed by atoms with Crippen LogP contribution in [0.1, 0.15) is 5.69 Å². The van der Waals surface area contributed by atoms with Crippen molar-refractivity contribution in [3.63, 3.8) is 0 Å². The zero-order chi connectivity index (χ0) is 11.5. The van der Waals surface area contributed by atoms with E-state index in [2.05, 4.69) is 9.97 Å². The van der Waals surface area contributed by atoms with Crippen molar-refractivity contribution in [1.82, 2.24) is 9.97 Å². The Morgan fingerprint density at radius 3 is 2.62 bits per heavy atom. The van der Waals surface area contributed by atoms with Gasteiger partial charge in [-0.25, -0.2) is 9.97 Å². The van der Waals surface area contributed by atoms with E-state index in [1.807, 2.05) is 6.07 Å². The Morgan fingerprint density at radius 2 is 1.94 bits per heavy atom. The molecule has 3 nitrogen and oxygen atoms in total. The van der Waals surface area contributed by atoms with Gasteiger partial charge in [0.05, 0.1) is 10.0 Å². The molecule has 0 fully saturated rings. The molecule has 1 aromatic heterocycles. The summed E-state index contributed by atoms with van der Waals surface area (Å²) in [6.07, 6.45) is 1.53. The van der Waals surface area contributed by atoms with Crippen molar-refractivity contribution in [2.45, 2.75) is 0 Å². The third-order valence-corrected chi connectivity index (χ3v) is 2.69. The van der Waals surface area contributed by atoms with Crippen LogP contribution in [0.5, 0.6) is 0 Å². The Balaban J connectivity index is 2.51. The first-order chi connectivity index (χ1) is 7.70. The van der Waals surface area contributed by atoms with E-state index in [-0.39, 0.29) is 0 Å². The number of nitriles is 1. The molecule has 2 aromatic rings.